The summed E-state index contributed by atoms with van der Waals surface area (Å²) in [5.74, 6) is -0.494. The smallest absolute Gasteiger partial charge is 0.413 e. The van der Waals surface area contributed by atoms with E-state index in [0.717, 1.165) is 22.1 Å². The fourth-order valence-corrected chi connectivity index (χ4v) is 2.81. The van der Waals surface area contributed by atoms with Crippen LogP contribution < -0.4 is 5.32 Å². The number of nitrogens with one attached hydrogen (secondary N) is 1. The Morgan fingerprint density at radius 1 is 1.38 bits per heavy atom. The standard InChI is InChI=1S/C13H19IN2O4S/c1-13(2,3)20-12(18)16-11-15-9(10(17)19-4)8(21-11)6-5-7-14/h5-7H2,1-4H3,(H,15,16,18). The molecule has 0 aliphatic heterocycles. The number of hydrogen-bond donors (Lipinski definition) is 1. The van der Waals surface area contributed by atoms with Gasteiger partial charge in [-0.25, -0.2) is 14.6 Å². The number of rotatable bonds is 5. The third-order valence-electron chi connectivity index (χ3n) is 2.22. The van der Waals surface area contributed by atoms with Gasteiger partial charge in [0.15, 0.2) is 10.8 Å². The van der Waals surface area contributed by atoms with Crippen LogP contribution in [0.1, 0.15) is 42.6 Å². The van der Waals surface area contributed by atoms with Crippen LogP contribution in [0.4, 0.5) is 9.93 Å². The summed E-state index contributed by atoms with van der Waals surface area (Å²) in [6, 6.07) is 0. The maximum atomic E-state index is 11.7. The number of amides is 1. The van der Waals surface area contributed by atoms with Gasteiger partial charge in [0.25, 0.3) is 0 Å². The number of nitrogens with zero attached hydrogens (tertiary/aromatic N) is 1. The van der Waals surface area contributed by atoms with Crippen molar-refractivity contribution in [1.29, 1.82) is 0 Å². The molecular weight excluding hydrogens is 407 g/mol. The molecule has 118 valence electrons. The molecule has 0 aliphatic carbocycles. The molecule has 0 saturated carbocycles. The van der Waals surface area contributed by atoms with Crippen LogP contribution in [0, 0.1) is 0 Å². The lowest BCUT2D eigenvalue weighted by Gasteiger charge is -2.18. The highest BCUT2D eigenvalue weighted by Crippen LogP contribution is 2.26. The molecule has 0 fully saturated rings. The lowest BCUT2D eigenvalue weighted by atomic mass is 10.2. The van der Waals surface area contributed by atoms with Crippen molar-refractivity contribution in [2.75, 3.05) is 16.9 Å². The summed E-state index contributed by atoms with van der Waals surface area (Å²) >= 11 is 3.54. The Balaban J connectivity index is 2.86. The summed E-state index contributed by atoms with van der Waals surface area (Å²) in [4.78, 5) is 28.4. The van der Waals surface area contributed by atoms with Crippen LogP contribution in [-0.4, -0.2) is 34.2 Å². The molecule has 0 atom stereocenters. The van der Waals surface area contributed by atoms with E-state index < -0.39 is 17.7 Å². The molecule has 21 heavy (non-hydrogen) atoms. The molecule has 0 saturated heterocycles. The van der Waals surface area contributed by atoms with E-state index in [-0.39, 0.29) is 5.69 Å². The first kappa shape index (κ1) is 18.1. The number of ether oxygens (including phenoxy) is 2. The van der Waals surface area contributed by atoms with Crippen molar-refractivity contribution in [2.45, 2.75) is 39.2 Å². The largest absolute Gasteiger partial charge is 0.464 e. The molecule has 0 unspecified atom stereocenters. The fourth-order valence-electron chi connectivity index (χ4n) is 1.45. The first-order chi connectivity index (χ1) is 9.76. The molecule has 8 heteroatoms. The number of aryl methyl sites for hydroxylation is 1. The average Bonchev–Trinajstić information content (AvgIpc) is 2.75. The monoisotopic (exact) mass is 426 g/mol. The summed E-state index contributed by atoms with van der Waals surface area (Å²) in [5, 5.41) is 2.89. The number of carbonyl (C=O) groups excluding carboxylic acids is 2. The fraction of sp³-hybridized carbons (Fsp3) is 0.615. The zero-order valence-corrected chi connectivity index (χ0v) is 15.5. The minimum atomic E-state index is -0.590. The lowest BCUT2D eigenvalue weighted by molar-refractivity contribution is 0.0589. The minimum Gasteiger partial charge on any atom is -0.464 e. The van der Waals surface area contributed by atoms with Crippen LogP contribution in [0.25, 0.3) is 0 Å². The Kier molecular flexibility index (Phi) is 6.85. The van der Waals surface area contributed by atoms with Crippen LogP contribution in [0.2, 0.25) is 0 Å². The van der Waals surface area contributed by atoms with Crippen molar-refractivity contribution in [1.82, 2.24) is 4.98 Å². The van der Waals surface area contributed by atoms with Gasteiger partial charge in [-0.2, -0.15) is 0 Å². The highest BCUT2D eigenvalue weighted by molar-refractivity contribution is 14.1. The molecule has 0 aromatic carbocycles. The van der Waals surface area contributed by atoms with E-state index in [1.54, 1.807) is 20.8 Å². The van der Waals surface area contributed by atoms with Gasteiger partial charge in [-0.15, -0.1) is 11.3 Å². The van der Waals surface area contributed by atoms with E-state index in [2.05, 4.69) is 32.9 Å². The van der Waals surface area contributed by atoms with Crippen LogP contribution in [-0.2, 0) is 15.9 Å². The molecule has 6 nitrogen and oxygen atoms in total. The van der Waals surface area contributed by atoms with E-state index in [4.69, 9.17) is 9.47 Å². The zero-order valence-electron chi connectivity index (χ0n) is 12.5. The summed E-state index contributed by atoms with van der Waals surface area (Å²) in [6.45, 7) is 5.33. The van der Waals surface area contributed by atoms with Gasteiger partial charge in [-0.05, 0) is 38.0 Å². The van der Waals surface area contributed by atoms with E-state index >= 15 is 0 Å². The molecule has 1 aromatic heterocycles. The number of halogens is 1. The van der Waals surface area contributed by atoms with Crippen molar-refractivity contribution in [3.8, 4) is 0 Å². The van der Waals surface area contributed by atoms with Crippen LogP contribution in [0.3, 0.4) is 0 Å². The number of aromatic nitrogens is 1. The summed E-state index contributed by atoms with van der Waals surface area (Å²) in [7, 11) is 1.31. The zero-order chi connectivity index (χ0) is 16.0. The third-order valence-corrected chi connectivity index (χ3v) is 4.01. The Hall–Kier alpha value is -0.900. The molecule has 0 bridgehead atoms. The molecule has 1 amide bonds. The molecule has 0 radical (unpaired) electrons. The van der Waals surface area contributed by atoms with E-state index in [1.165, 1.54) is 18.4 Å². The van der Waals surface area contributed by atoms with Gasteiger partial charge in [0, 0.05) is 4.88 Å². The second-order valence-corrected chi connectivity index (χ2v) is 7.36. The van der Waals surface area contributed by atoms with Gasteiger partial charge in [0.2, 0.25) is 0 Å². The Morgan fingerprint density at radius 3 is 2.57 bits per heavy atom. The normalized spacial score (nSPS) is 11.1. The summed E-state index contributed by atoms with van der Waals surface area (Å²) in [6.07, 6.45) is 1.06. The van der Waals surface area contributed by atoms with Crippen molar-refractivity contribution >= 4 is 51.1 Å². The predicted molar refractivity (Wildman–Crippen MR) is 90.5 cm³/mol. The maximum Gasteiger partial charge on any atom is 0.413 e. The quantitative estimate of drug-likeness (QED) is 0.442. The second-order valence-electron chi connectivity index (χ2n) is 5.20. The van der Waals surface area contributed by atoms with Crippen LogP contribution >= 0.6 is 33.9 Å². The molecule has 1 heterocycles. The van der Waals surface area contributed by atoms with Gasteiger partial charge >= 0.3 is 12.1 Å². The number of methoxy groups -OCH3 is 1. The number of hydrogen-bond acceptors (Lipinski definition) is 6. The van der Waals surface area contributed by atoms with Crippen molar-refractivity contribution in [3.63, 3.8) is 0 Å². The van der Waals surface area contributed by atoms with Gasteiger partial charge in [0.05, 0.1) is 7.11 Å². The summed E-state index contributed by atoms with van der Waals surface area (Å²) < 4.78 is 10.9. The highest BCUT2D eigenvalue weighted by Gasteiger charge is 2.21. The number of carbonyl (C=O) groups is 2. The first-order valence-corrected chi connectivity index (χ1v) is 8.75. The maximum absolute atomic E-state index is 11.7. The van der Waals surface area contributed by atoms with E-state index in [0.29, 0.717) is 5.13 Å². The SMILES string of the molecule is COC(=O)c1nc(NC(=O)OC(C)(C)C)sc1CCCI. The molecule has 0 aliphatic rings. The van der Waals surface area contributed by atoms with Crippen molar-refractivity contribution in [3.05, 3.63) is 10.6 Å². The van der Waals surface area contributed by atoms with Crippen LogP contribution in [0.15, 0.2) is 0 Å². The average molecular weight is 426 g/mol. The lowest BCUT2D eigenvalue weighted by Crippen LogP contribution is -2.27. The molecule has 1 rings (SSSR count). The van der Waals surface area contributed by atoms with Gasteiger partial charge in [-0.3, -0.25) is 5.32 Å². The Labute approximate surface area is 141 Å². The Bertz CT molecular complexity index is 511. The third kappa shape index (κ3) is 6.16. The second kappa shape index (κ2) is 7.92. The van der Waals surface area contributed by atoms with Gasteiger partial charge in [0.1, 0.15) is 5.60 Å². The van der Waals surface area contributed by atoms with E-state index in [1.807, 2.05) is 0 Å². The molecule has 1 aromatic rings. The first-order valence-electron chi connectivity index (χ1n) is 6.41. The predicted octanol–water partition coefficient (Wildman–Crippen LogP) is 3.64. The number of alkyl halides is 1. The topological polar surface area (TPSA) is 77.5 Å². The van der Waals surface area contributed by atoms with E-state index in [9.17, 15) is 9.59 Å². The molecule has 1 N–H and O–H groups in total. The summed E-state index contributed by atoms with van der Waals surface area (Å²) in [5.41, 5.74) is -0.324. The number of thiazole rings is 1. The number of esters is 1. The van der Waals surface area contributed by atoms with Crippen molar-refractivity contribution in [2.24, 2.45) is 0 Å². The van der Waals surface area contributed by atoms with Crippen LogP contribution in [0.5, 0.6) is 0 Å². The van der Waals surface area contributed by atoms with Gasteiger partial charge < -0.3 is 9.47 Å². The van der Waals surface area contributed by atoms with Crippen molar-refractivity contribution < 1.29 is 19.1 Å². The minimum absolute atomic E-state index is 0.262. The van der Waals surface area contributed by atoms with Gasteiger partial charge in [-0.1, -0.05) is 22.6 Å². The Morgan fingerprint density at radius 2 is 2.05 bits per heavy atom. The molecular formula is C13H19IN2O4S. The molecule has 0 spiro atoms. The number of anilines is 1. The highest BCUT2D eigenvalue weighted by atomic mass is 127.